The molecule has 0 unspecified atom stereocenters. The summed E-state index contributed by atoms with van der Waals surface area (Å²) in [5, 5.41) is 23.9. The molecule has 96 valence electrons. The van der Waals surface area contributed by atoms with Crippen molar-refractivity contribution in [2.45, 2.75) is 0 Å². The smallest absolute Gasteiger partial charge is 0.358 e. The molecule has 1 N–H and O–H groups in total. The van der Waals surface area contributed by atoms with Gasteiger partial charge in [0.1, 0.15) is 11.9 Å². The van der Waals surface area contributed by atoms with Crippen LogP contribution >= 0.6 is 0 Å². The van der Waals surface area contributed by atoms with Gasteiger partial charge in [0.25, 0.3) is 5.69 Å². The molecule has 9 nitrogen and oxygen atoms in total. The molecule has 2 rings (SSSR count). The van der Waals surface area contributed by atoms with Crippen LogP contribution in [0.4, 0.5) is 23.0 Å². The highest BCUT2D eigenvalue weighted by atomic mass is 16.6. The van der Waals surface area contributed by atoms with Crippen molar-refractivity contribution in [2.24, 2.45) is 0 Å². The van der Waals surface area contributed by atoms with Crippen LogP contribution in [0.1, 0.15) is 0 Å². The maximum Gasteiger partial charge on any atom is 0.382 e. The summed E-state index contributed by atoms with van der Waals surface area (Å²) in [6, 6.07) is 5.99. The van der Waals surface area contributed by atoms with E-state index in [1.54, 1.807) is 6.07 Å². The number of rotatable bonds is 4. The molecule has 0 aliphatic heterocycles. The van der Waals surface area contributed by atoms with Crippen molar-refractivity contribution in [1.82, 2.24) is 9.97 Å². The summed E-state index contributed by atoms with van der Waals surface area (Å²) in [6.45, 7) is 0. The van der Waals surface area contributed by atoms with E-state index in [-0.39, 0.29) is 17.2 Å². The molecule has 1 heterocycles. The second kappa shape index (κ2) is 5.04. The summed E-state index contributed by atoms with van der Waals surface area (Å²) in [5.74, 6) is -0.215. The Bertz CT molecular complexity index is 628. The zero-order chi connectivity index (χ0) is 13.8. The predicted molar refractivity (Wildman–Crippen MR) is 65.1 cm³/mol. The first kappa shape index (κ1) is 12.4. The fraction of sp³-hybridized carbons (Fsp3) is 0. The standard InChI is InChI=1S/C10H7N5O4/c16-14(17)8-4-2-1-3-7(8)13-9-5-12-10(6-11-9)15(18)19/h1-6H,(H,11,13). The van der Waals surface area contributed by atoms with Gasteiger partial charge < -0.3 is 15.4 Å². The van der Waals surface area contributed by atoms with Gasteiger partial charge in [-0.05, 0) is 16.0 Å². The van der Waals surface area contributed by atoms with E-state index in [0.717, 1.165) is 12.4 Å². The van der Waals surface area contributed by atoms with Gasteiger partial charge in [-0.3, -0.25) is 10.1 Å². The van der Waals surface area contributed by atoms with Gasteiger partial charge in [0, 0.05) is 6.07 Å². The first-order chi connectivity index (χ1) is 9.08. The number of anilines is 2. The van der Waals surface area contributed by atoms with Crippen molar-refractivity contribution in [3.63, 3.8) is 0 Å². The molecular formula is C10H7N5O4. The van der Waals surface area contributed by atoms with Gasteiger partial charge in [0.15, 0.2) is 12.0 Å². The van der Waals surface area contributed by atoms with Gasteiger partial charge in [-0.15, -0.1) is 0 Å². The van der Waals surface area contributed by atoms with Crippen molar-refractivity contribution < 1.29 is 9.85 Å². The highest BCUT2D eigenvalue weighted by Crippen LogP contribution is 2.25. The zero-order valence-electron chi connectivity index (χ0n) is 9.39. The van der Waals surface area contributed by atoms with Crippen LogP contribution < -0.4 is 5.32 Å². The first-order valence-corrected chi connectivity index (χ1v) is 5.05. The molecule has 0 saturated heterocycles. The predicted octanol–water partition coefficient (Wildman–Crippen LogP) is 2.04. The Kier molecular flexibility index (Phi) is 3.28. The minimum atomic E-state index is -0.679. The average Bonchev–Trinajstić information content (AvgIpc) is 2.39. The molecule has 19 heavy (non-hydrogen) atoms. The second-order valence-corrected chi connectivity index (χ2v) is 3.42. The van der Waals surface area contributed by atoms with E-state index in [9.17, 15) is 20.2 Å². The van der Waals surface area contributed by atoms with E-state index in [0.29, 0.717) is 0 Å². The van der Waals surface area contributed by atoms with Gasteiger partial charge in [-0.1, -0.05) is 12.1 Å². The molecule has 0 saturated carbocycles. The van der Waals surface area contributed by atoms with Gasteiger partial charge in [0.05, 0.1) is 4.92 Å². The summed E-state index contributed by atoms with van der Waals surface area (Å²) in [5.41, 5.74) is 0.110. The van der Waals surface area contributed by atoms with Crippen LogP contribution in [-0.2, 0) is 0 Å². The molecule has 1 aromatic carbocycles. The van der Waals surface area contributed by atoms with E-state index in [1.165, 1.54) is 18.2 Å². The lowest BCUT2D eigenvalue weighted by molar-refractivity contribution is -0.389. The third kappa shape index (κ3) is 2.77. The number of aromatic nitrogens is 2. The molecule has 0 bridgehead atoms. The SMILES string of the molecule is O=[N+]([O-])c1cnc(Nc2ccccc2[N+](=O)[O-])cn1. The van der Waals surface area contributed by atoms with Crippen LogP contribution in [0, 0.1) is 20.2 Å². The Morgan fingerprint density at radius 3 is 2.32 bits per heavy atom. The number of nitro benzene ring substituents is 1. The summed E-state index contributed by atoms with van der Waals surface area (Å²) < 4.78 is 0. The van der Waals surface area contributed by atoms with Crippen LogP contribution in [0.15, 0.2) is 36.7 Å². The molecule has 9 heteroatoms. The van der Waals surface area contributed by atoms with E-state index >= 15 is 0 Å². The Labute approximate surface area is 106 Å². The number of nitro groups is 2. The summed E-state index contributed by atoms with van der Waals surface area (Å²) in [6.07, 6.45) is 2.10. The fourth-order valence-corrected chi connectivity index (χ4v) is 1.36. The molecule has 0 atom stereocenters. The number of nitrogens with one attached hydrogen (secondary N) is 1. The van der Waals surface area contributed by atoms with Gasteiger partial charge >= 0.3 is 5.82 Å². The number of nitrogens with zero attached hydrogens (tertiary/aromatic N) is 4. The van der Waals surface area contributed by atoms with Crippen LogP contribution in [-0.4, -0.2) is 19.8 Å². The largest absolute Gasteiger partial charge is 0.382 e. The first-order valence-electron chi connectivity index (χ1n) is 5.05. The topological polar surface area (TPSA) is 124 Å². The molecule has 2 aromatic rings. The molecule has 0 fully saturated rings. The van der Waals surface area contributed by atoms with Crippen LogP contribution in [0.2, 0.25) is 0 Å². The molecular weight excluding hydrogens is 254 g/mol. The lowest BCUT2D eigenvalue weighted by Gasteiger charge is -2.04. The number of hydrogen-bond acceptors (Lipinski definition) is 7. The summed E-state index contributed by atoms with van der Waals surface area (Å²) >= 11 is 0. The normalized spacial score (nSPS) is 9.89. The van der Waals surface area contributed by atoms with Gasteiger partial charge in [-0.25, -0.2) is 4.98 Å². The van der Waals surface area contributed by atoms with Crippen molar-refractivity contribution in [2.75, 3.05) is 5.32 Å². The zero-order valence-corrected chi connectivity index (χ0v) is 9.39. The Balaban J connectivity index is 2.26. The Hall–Kier alpha value is -3.10. The second-order valence-electron chi connectivity index (χ2n) is 3.42. The number of para-hydroxylation sites is 2. The van der Waals surface area contributed by atoms with E-state index in [2.05, 4.69) is 15.3 Å². The van der Waals surface area contributed by atoms with Crippen molar-refractivity contribution in [3.8, 4) is 0 Å². The Morgan fingerprint density at radius 2 is 1.74 bits per heavy atom. The molecule has 0 amide bonds. The lowest BCUT2D eigenvalue weighted by atomic mass is 10.2. The third-order valence-corrected chi connectivity index (χ3v) is 2.19. The monoisotopic (exact) mass is 261 g/mol. The maximum absolute atomic E-state index is 10.8. The molecule has 0 spiro atoms. The number of benzene rings is 1. The van der Waals surface area contributed by atoms with Crippen LogP contribution in [0.5, 0.6) is 0 Å². The van der Waals surface area contributed by atoms with Crippen molar-refractivity contribution in [1.29, 1.82) is 0 Å². The van der Waals surface area contributed by atoms with E-state index in [1.807, 2.05) is 0 Å². The molecule has 0 radical (unpaired) electrons. The van der Waals surface area contributed by atoms with Crippen molar-refractivity contribution >= 4 is 23.0 Å². The lowest BCUT2D eigenvalue weighted by Crippen LogP contribution is -2.00. The van der Waals surface area contributed by atoms with Gasteiger partial charge in [0.2, 0.25) is 0 Å². The molecule has 0 aliphatic rings. The van der Waals surface area contributed by atoms with Crippen molar-refractivity contribution in [3.05, 3.63) is 56.9 Å². The maximum atomic E-state index is 10.8. The molecule has 0 aliphatic carbocycles. The van der Waals surface area contributed by atoms with E-state index < -0.39 is 15.7 Å². The fourth-order valence-electron chi connectivity index (χ4n) is 1.36. The van der Waals surface area contributed by atoms with Crippen LogP contribution in [0.3, 0.4) is 0 Å². The Morgan fingerprint density at radius 1 is 1.00 bits per heavy atom. The van der Waals surface area contributed by atoms with Gasteiger partial charge in [-0.2, -0.15) is 0 Å². The summed E-state index contributed by atoms with van der Waals surface area (Å²) in [4.78, 5) is 27.3. The minimum Gasteiger partial charge on any atom is -0.358 e. The average molecular weight is 261 g/mol. The third-order valence-electron chi connectivity index (χ3n) is 2.19. The van der Waals surface area contributed by atoms with Crippen LogP contribution in [0.25, 0.3) is 0 Å². The summed E-state index contributed by atoms with van der Waals surface area (Å²) in [7, 11) is 0. The minimum absolute atomic E-state index is 0.123. The van der Waals surface area contributed by atoms with E-state index in [4.69, 9.17) is 0 Å². The number of hydrogen-bond donors (Lipinski definition) is 1. The highest BCUT2D eigenvalue weighted by Gasteiger charge is 2.14. The highest BCUT2D eigenvalue weighted by molar-refractivity contribution is 5.67. The molecule has 1 aromatic heterocycles. The quantitative estimate of drug-likeness (QED) is 0.659.